The van der Waals surface area contributed by atoms with Crippen LogP contribution in [0.4, 0.5) is 0 Å². The van der Waals surface area contributed by atoms with Gasteiger partial charge in [0.2, 0.25) is 0 Å². The van der Waals surface area contributed by atoms with Crippen molar-refractivity contribution in [3.8, 4) is 0 Å². The van der Waals surface area contributed by atoms with Crippen LogP contribution in [0.15, 0.2) is 29.2 Å². The van der Waals surface area contributed by atoms with E-state index in [-0.39, 0.29) is 11.2 Å². The quantitative estimate of drug-likeness (QED) is 0.820. The van der Waals surface area contributed by atoms with Crippen LogP contribution < -0.4 is 0 Å². The smallest absolute Gasteiger partial charge is 0.319 e. The van der Waals surface area contributed by atoms with E-state index in [0.29, 0.717) is 6.61 Å². The summed E-state index contributed by atoms with van der Waals surface area (Å²) in [5.41, 5.74) is 0.887. The lowest BCUT2D eigenvalue weighted by Crippen LogP contribution is -2.09. The Balaban J connectivity index is 2.02. The summed E-state index contributed by atoms with van der Waals surface area (Å²) in [7, 11) is 0. The molecule has 2 atom stereocenters. The molecule has 1 saturated heterocycles. The molecule has 1 aliphatic heterocycles. The molecule has 0 radical (unpaired) electrons. The Kier molecular flexibility index (Phi) is 3.51. The summed E-state index contributed by atoms with van der Waals surface area (Å²) in [6.45, 7) is 2.26. The van der Waals surface area contributed by atoms with Gasteiger partial charge in [-0.05, 0) is 24.6 Å². The number of esters is 1. The number of aliphatic hydroxyl groups is 1. The van der Waals surface area contributed by atoms with Crippen molar-refractivity contribution in [2.24, 2.45) is 0 Å². The molecular formula is C12H14O3S. The number of hydrogen-bond donors (Lipinski definition) is 1. The Morgan fingerprint density at radius 2 is 2.12 bits per heavy atom. The average molecular weight is 238 g/mol. The maximum Gasteiger partial charge on any atom is 0.319 e. The van der Waals surface area contributed by atoms with Crippen LogP contribution in [-0.4, -0.2) is 22.9 Å². The predicted molar refractivity (Wildman–Crippen MR) is 62.3 cm³/mol. The van der Waals surface area contributed by atoms with E-state index in [1.165, 1.54) is 11.8 Å². The highest BCUT2D eigenvalue weighted by molar-refractivity contribution is 8.00. The molecule has 0 aromatic heterocycles. The molecule has 0 bridgehead atoms. The summed E-state index contributed by atoms with van der Waals surface area (Å²) < 4.78 is 4.90. The topological polar surface area (TPSA) is 46.5 Å². The van der Waals surface area contributed by atoms with Crippen LogP contribution in [0.5, 0.6) is 0 Å². The normalized spacial score (nSPS) is 21.9. The first kappa shape index (κ1) is 11.5. The molecule has 86 valence electrons. The third-order valence-electron chi connectivity index (χ3n) is 2.53. The molecule has 1 heterocycles. The van der Waals surface area contributed by atoms with Crippen molar-refractivity contribution in [2.45, 2.75) is 29.6 Å². The van der Waals surface area contributed by atoms with Gasteiger partial charge in [-0.3, -0.25) is 4.79 Å². The van der Waals surface area contributed by atoms with Gasteiger partial charge in [-0.1, -0.05) is 12.1 Å². The Labute approximate surface area is 98.8 Å². The Morgan fingerprint density at radius 1 is 1.44 bits per heavy atom. The van der Waals surface area contributed by atoms with Crippen LogP contribution >= 0.6 is 11.8 Å². The van der Waals surface area contributed by atoms with Crippen molar-refractivity contribution in [1.82, 2.24) is 0 Å². The number of aliphatic hydroxyl groups excluding tert-OH is 1. The molecule has 1 aromatic carbocycles. The zero-order valence-corrected chi connectivity index (χ0v) is 9.87. The first-order chi connectivity index (χ1) is 7.66. The molecule has 0 amide bonds. The molecule has 2 rings (SSSR count). The standard InChI is InChI=1S/C12H14O3S/c1-8(13)9-2-4-10(5-3-9)16-11-6-7-15-12(11)14/h2-5,8,11,13H,6-7H2,1H3/t8-,11-/m1/s1. The maximum absolute atomic E-state index is 11.3. The average Bonchev–Trinajstić information content (AvgIpc) is 2.65. The summed E-state index contributed by atoms with van der Waals surface area (Å²) in [6.07, 6.45) is 0.331. The van der Waals surface area contributed by atoms with Gasteiger partial charge in [0.15, 0.2) is 0 Å². The Morgan fingerprint density at radius 3 is 2.62 bits per heavy atom. The van der Waals surface area contributed by atoms with Gasteiger partial charge in [0, 0.05) is 11.3 Å². The van der Waals surface area contributed by atoms with E-state index in [9.17, 15) is 9.90 Å². The van der Waals surface area contributed by atoms with Crippen LogP contribution in [0.25, 0.3) is 0 Å². The number of ether oxygens (including phenoxy) is 1. The highest BCUT2D eigenvalue weighted by Gasteiger charge is 2.27. The van der Waals surface area contributed by atoms with E-state index in [1.807, 2.05) is 24.3 Å². The van der Waals surface area contributed by atoms with Crippen LogP contribution in [0.2, 0.25) is 0 Å². The fraction of sp³-hybridized carbons (Fsp3) is 0.417. The van der Waals surface area contributed by atoms with Gasteiger partial charge in [-0.2, -0.15) is 0 Å². The number of thioether (sulfide) groups is 1. The number of hydrogen-bond acceptors (Lipinski definition) is 4. The van der Waals surface area contributed by atoms with Gasteiger partial charge in [0.05, 0.1) is 12.7 Å². The van der Waals surface area contributed by atoms with E-state index in [2.05, 4.69) is 0 Å². The van der Waals surface area contributed by atoms with E-state index in [0.717, 1.165) is 16.9 Å². The minimum Gasteiger partial charge on any atom is -0.465 e. The molecule has 3 nitrogen and oxygen atoms in total. The number of carbonyl (C=O) groups excluding carboxylic acids is 1. The zero-order chi connectivity index (χ0) is 11.5. The molecular weight excluding hydrogens is 224 g/mol. The zero-order valence-electron chi connectivity index (χ0n) is 9.05. The van der Waals surface area contributed by atoms with Crippen molar-refractivity contribution in [2.75, 3.05) is 6.61 Å². The SMILES string of the molecule is C[C@@H](O)c1ccc(S[C@@H]2CCOC2=O)cc1. The fourth-order valence-electron chi connectivity index (χ4n) is 1.57. The summed E-state index contributed by atoms with van der Waals surface area (Å²) in [4.78, 5) is 12.3. The number of carbonyl (C=O) groups is 1. The number of cyclic esters (lactones) is 1. The first-order valence-electron chi connectivity index (χ1n) is 5.28. The number of rotatable bonds is 3. The van der Waals surface area contributed by atoms with Gasteiger partial charge >= 0.3 is 5.97 Å². The summed E-state index contributed by atoms with van der Waals surface area (Å²) in [6, 6.07) is 7.62. The van der Waals surface area contributed by atoms with Gasteiger partial charge in [0.1, 0.15) is 5.25 Å². The maximum atomic E-state index is 11.3. The third-order valence-corrected chi connectivity index (χ3v) is 3.79. The molecule has 0 spiro atoms. The summed E-state index contributed by atoms with van der Waals surface area (Å²) >= 11 is 1.52. The Bertz CT molecular complexity index is 372. The first-order valence-corrected chi connectivity index (χ1v) is 6.16. The Hall–Kier alpha value is -1.00. The monoisotopic (exact) mass is 238 g/mol. The van der Waals surface area contributed by atoms with E-state index in [1.54, 1.807) is 6.92 Å². The molecule has 0 saturated carbocycles. The summed E-state index contributed by atoms with van der Waals surface area (Å²) in [5.74, 6) is -0.121. The molecule has 0 aliphatic carbocycles. The molecule has 4 heteroatoms. The van der Waals surface area contributed by atoms with Crippen molar-refractivity contribution in [3.63, 3.8) is 0 Å². The largest absolute Gasteiger partial charge is 0.465 e. The van der Waals surface area contributed by atoms with Gasteiger partial charge in [-0.25, -0.2) is 0 Å². The van der Waals surface area contributed by atoms with Crippen molar-refractivity contribution >= 4 is 17.7 Å². The molecule has 16 heavy (non-hydrogen) atoms. The molecule has 0 unspecified atom stereocenters. The predicted octanol–water partition coefficient (Wildman–Crippen LogP) is 2.15. The molecule has 1 N–H and O–H groups in total. The van der Waals surface area contributed by atoms with Gasteiger partial charge in [0.25, 0.3) is 0 Å². The highest BCUT2D eigenvalue weighted by atomic mass is 32.2. The second-order valence-electron chi connectivity index (χ2n) is 3.81. The number of benzene rings is 1. The van der Waals surface area contributed by atoms with E-state index in [4.69, 9.17) is 4.74 Å². The van der Waals surface area contributed by atoms with Gasteiger partial charge < -0.3 is 9.84 Å². The van der Waals surface area contributed by atoms with Crippen molar-refractivity contribution < 1.29 is 14.6 Å². The van der Waals surface area contributed by atoms with E-state index < -0.39 is 6.10 Å². The van der Waals surface area contributed by atoms with E-state index >= 15 is 0 Å². The molecule has 1 fully saturated rings. The minimum atomic E-state index is -0.449. The third kappa shape index (κ3) is 2.57. The van der Waals surface area contributed by atoms with Crippen LogP contribution in [0, 0.1) is 0 Å². The highest BCUT2D eigenvalue weighted by Crippen LogP contribution is 2.30. The van der Waals surface area contributed by atoms with Gasteiger partial charge in [-0.15, -0.1) is 11.8 Å². The van der Waals surface area contributed by atoms with Crippen molar-refractivity contribution in [1.29, 1.82) is 0 Å². The van der Waals surface area contributed by atoms with Crippen LogP contribution in [-0.2, 0) is 9.53 Å². The lowest BCUT2D eigenvalue weighted by atomic mass is 10.1. The van der Waals surface area contributed by atoms with Crippen molar-refractivity contribution in [3.05, 3.63) is 29.8 Å². The second kappa shape index (κ2) is 4.89. The molecule has 1 aliphatic rings. The molecule has 1 aromatic rings. The second-order valence-corrected chi connectivity index (χ2v) is 5.08. The summed E-state index contributed by atoms with van der Waals surface area (Å²) in [5, 5.41) is 9.29. The van der Waals surface area contributed by atoms with Crippen LogP contribution in [0.1, 0.15) is 25.0 Å². The lowest BCUT2D eigenvalue weighted by Gasteiger charge is -2.08. The van der Waals surface area contributed by atoms with Crippen LogP contribution in [0.3, 0.4) is 0 Å². The fourth-order valence-corrected chi connectivity index (χ4v) is 2.57. The minimum absolute atomic E-state index is 0.0719. The lowest BCUT2D eigenvalue weighted by molar-refractivity contribution is -0.137.